The van der Waals surface area contributed by atoms with Gasteiger partial charge in [-0.1, -0.05) is 22.0 Å². The molecule has 0 spiro atoms. The summed E-state index contributed by atoms with van der Waals surface area (Å²) in [4.78, 5) is 12.4. The van der Waals surface area contributed by atoms with Gasteiger partial charge in [-0.25, -0.2) is 0 Å². The highest BCUT2D eigenvalue weighted by molar-refractivity contribution is 9.10. The van der Waals surface area contributed by atoms with Gasteiger partial charge in [-0.15, -0.1) is 0 Å². The number of anilines is 1. The second-order valence-corrected chi connectivity index (χ2v) is 6.75. The Morgan fingerprint density at radius 2 is 2.21 bits per heavy atom. The number of benzene rings is 2. The molecule has 0 saturated carbocycles. The Hall–Kier alpha value is -1.85. The molecule has 0 radical (unpaired) electrons. The summed E-state index contributed by atoms with van der Waals surface area (Å²) in [6.45, 7) is 3.32. The number of halogens is 1. The number of hydrogen-bond donors (Lipinski definition) is 1. The molecule has 1 fully saturated rings. The van der Waals surface area contributed by atoms with Gasteiger partial charge in [0, 0.05) is 22.3 Å². The third-order valence-corrected chi connectivity index (χ3v) is 4.86. The van der Waals surface area contributed by atoms with Gasteiger partial charge in [-0.2, -0.15) is 0 Å². The standard InChI is InChI=1S/C19H20BrNO3/c1-13-10-15(7-8-18(13)20)21-19(22)14-4-2-5-16(11-14)24-12-17-6-3-9-23-17/h2,4-5,7-8,10-11,17H,3,6,9,12H2,1H3,(H,21,22). The minimum atomic E-state index is -0.153. The first-order chi connectivity index (χ1) is 11.6. The van der Waals surface area contributed by atoms with Gasteiger partial charge in [0.25, 0.3) is 5.91 Å². The van der Waals surface area contributed by atoms with E-state index in [0.717, 1.165) is 35.2 Å². The number of ether oxygens (including phenoxy) is 2. The van der Waals surface area contributed by atoms with E-state index in [1.807, 2.05) is 37.3 Å². The first-order valence-corrected chi connectivity index (χ1v) is 8.83. The molecule has 3 rings (SSSR count). The molecule has 126 valence electrons. The lowest BCUT2D eigenvalue weighted by Crippen LogP contribution is -2.17. The first-order valence-electron chi connectivity index (χ1n) is 8.04. The highest BCUT2D eigenvalue weighted by Gasteiger charge is 2.16. The van der Waals surface area contributed by atoms with E-state index >= 15 is 0 Å². The Balaban J connectivity index is 1.63. The topological polar surface area (TPSA) is 47.6 Å². The zero-order valence-electron chi connectivity index (χ0n) is 13.5. The van der Waals surface area contributed by atoms with Crippen molar-refractivity contribution in [3.05, 3.63) is 58.1 Å². The predicted molar refractivity (Wildman–Crippen MR) is 97.7 cm³/mol. The highest BCUT2D eigenvalue weighted by Crippen LogP contribution is 2.21. The largest absolute Gasteiger partial charge is 0.491 e. The van der Waals surface area contributed by atoms with Crippen LogP contribution in [0.2, 0.25) is 0 Å². The normalized spacial score (nSPS) is 16.8. The van der Waals surface area contributed by atoms with Crippen LogP contribution in [0.15, 0.2) is 46.9 Å². The molecule has 1 heterocycles. The van der Waals surface area contributed by atoms with E-state index in [-0.39, 0.29) is 12.0 Å². The number of amides is 1. The SMILES string of the molecule is Cc1cc(NC(=O)c2cccc(OCC3CCCO3)c2)ccc1Br. The van der Waals surface area contributed by atoms with Crippen LogP contribution in [-0.2, 0) is 4.74 Å². The fraction of sp³-hybridized carbons (Fsp3) is 0.316. The van der Waals surface area contributed by atoms with E-state index in [9.17, 15) is 4.79 Å². The number of hydrogen-bond acceptors (Lipinski definition) is 3. The summed E-state index contributed by atoms with van der Waals surface area (Å²) in [5.74, 6) is 0.532. The molecule has 1 amide bonds. The van der Waals surface area contributed by atoms with E-state index in [1.54, 1.807) is 12.1 Å². The van der Waals surface area contributed by atoms with Gasteiger partial charge in [-0.05, 0) is 61.7 Å². The van der Waals surface area contributed by atoms with Crippen molar-refractivity contribution in [2.45, 2.75) is 25.9 Å². The summed E-state index contributed by atoms with van der Waals surface area (Å²) in [6.07, 6.45) is 2.28. The average Bonchev–Trinajstić information content (AvgIpc) is 3.10. The molecule has 1 saturated heterocycles. The Bertz CT molecular complexity index is 726. The molecule has 24 heavy (non-hydrogen) atoms. The Kier molecular flexibility index (Phi) is 5.53. The molecule has 0 aromatic heterocycles. The van der Waals surface area contributed by atoms with Crippen LogP contribution >= 0.6 is 15.9 Å². The molecule has 1 aliphatic rings. The molecular weight excluding hydrogens is 370 g/mol. The van der Waals surface area contributed by atoms with Crippen molar-refractivity contribution in [1.82, 2.24) is 0 Å². The van der Waals surface area contributed by atoms with Crippen LogP contribution in [0.4, 0.5) is 5.69 Å². The number of nitrogens with one attached hydrogen (secondary N) is 1. The van der Waals surface area contributed by atoms with Crippen LogP contribution < -0.4 is 10.1 Å². The van der Waals surface area contributed by atoms with Gasteiger partial charge in [0.1, 0.15) is 12.4 Å². The third kappa shape index (κ3) is 4.36. The van der Waals surface area contributed by atoms with Crippen LogP contribution in [0.5, 0.6) is 5.75 Å². The Labute approximate surface area is 150 Å². The fourth-order valence-corrected chi connectivity index (χ4v) is 2.86. The molecule has 0 bridgehead atoms. The van der Waals surface area contributed by atoms with E-state index in [1.165, 1.54) is 0 Å². The molecule has 4 nitrogen and oxygen atoms in total. The van der Waals surface area contributed by atoms with Gasteiger partial charge in [0.15, 0.2) is 0 Å². The van der Waals surface area contributed by atoms with Crippen LogP contribution in [0, 0.1) is 6.92 Å². The van der Waals surface area contributed by atoms with E-state index in [2.05, 4.69) is 21.2 Å². The summed E-state index contributed by atoms with van der Waals surface area (Å²) >= 11 is 3.46. The Morgan fingerprint density at radius 3 is 2.96 bits per heavy atom. The predicted octanol–water partition coefficient (Wildman–Crippen LogP) is 4.57. The summed E-state index contributed by atoms with van der Waals surface area (Å²) in [6, 6.07) is 12.9. The summed E-state index contributed by atoms with van der Waals surface area (Å²) in [5, 5.41) is 2.91. The second kappa shape index (κ2) is 7.81. The zero-order chi connectivity index (χ0) is 16.9. The third-order valence-electron chi connectivity index (χ3n) is 3.97. The maximum Gasteiger partial charge on any atom is 0.255 e. The zero-order valence-corrected chi connectivity index (χ0v) is 15.1. The lowest BCUT2D eigenvalue weighted by molar-refractivity contribution is 0.0679. The van der Waals surface area contributed by atoms with Crippen molar-refractivity contribution >= 4 is 27.5 Å². The van der Waals surface area contributed by atoms with Gasteiger partial charge in [-0.3, -0.25) is 4.79 Å². The van der Waals surface area contributed by atoms with Crippen molar-refractivity contribution < 1.29 is 14.3 Å². The van der Waals surface area contributed by atoms with Crippen LogP contribution in [0.3, 0.4) is 0 Å². The van der Waals surface area contributed by atoms with Crippen LogP contribution in [-0.4, -0.2) is 25.2 Å². The molecule has 1 aliphatic heterocycles. The minimum Gasteiger partial charge on any atom is -0.491 e. The summed E-state index contributed by atoms with van der Waals surface area (Å²) in [5.41, 5.74) is 2.41. The number of carbonyl (C=O) groups is 1. The van der Waals surface area contributed by atoms with Gasteiger partial charge in [0.05, 0.1) is 6.10 Å². The molecule has 1 unspecified atom stereocenters. The van der Waals surface area contributed by atoms with E-state index in [0.29, 0.717) is 17.9 Å². The smallest absolute Gasteiger partial charge is 0.255 e. The average molecular weight is 390 g/mol. The van der Waals surface area contributed by atoms with Crippen LogP contribution in [0.1, 0.15) is 28.8 Å². The Morgan fingerprint density at radius 1 is 1.33 bits per heavy atom. The van der Waals surface area contributed by atoms with Gasteiger partial charge in [0.2, 0.25) is 0 Å². The number of aryl methyl sites for hydroxylation is 1. The quantitative estimate of drug-likeness (QED) is 0.814. The van der Waals surface area contributed by atoms with Crippen LogP contribution in [0.25, 0.3) is 0 Å². The van der Waals surface area contributed by atoms with Gasteiger partial charge < -0.3 is 14.8 Å². The molecule has 2 aromatic rings. The molecular formula is C19H20BrNO3. The van der Waals surface area contributed by atoms with Gasteiger partial charge >= 0.3 is 0 Å². The van der Waals surface area contributed by atoms with Crippen molar-refractivity contribution in [2.75, 3.05) is 18.5 Å². The monoisotopic (exact) mass is 389 g/mol. The first kappa shape index (κ1) is 17.0. The molecule has 0 aliphatic carbocycles. The number of rotatable bonds is 5. The van der Waals surface area contributed by atoms with E-state index < -0.39 is 0 Å². The maximum absolute atomic E-state index is 12.4. The summed E-state index contributed by atoms with van der Waals surface area (Å²) in [7, 11) is 0. The van der Waals surface area contributed by atoms with Crippen molar-refractivity contribution in [2.24, 2.45) is 0 Å². The highest BCUT2D eigenvalue weighted by atomic mass is 79.9. The van der Waals surface area contributed by atoms with E-state index in [4.69, 9.17) is 9.47 Å². The maximum atomic E-state index is 12.4. The molecule has 2 aromatic carbocycles. The second-order valence-electron chi connectivity index (χ2n) is 5.89. The van der Waals surface area contributed by atoms with Crippen molar-refractivity contribution in [1.29, 1.82) is 0 Å². The summed E-state index contributed by atoms with van der Waals surface area (Å²) < 4.78 is 12.3. The van der Waals surface area contributed by atoms with Crippen molar-refractivity contribution in [3.63, 3.8) is 0 Å². The lowest BCUT2D eigenvalue weighted by atomic mass is 10.1. The molecule has 1 N–H and O–H groups in total. The molecule has 1 atom stereocenters. The van der Waals surface area contributed by atoms with Crippen molar-refractivity contribution in [3.8, 4) is 5.75 Å². The minimum absolute atomic E-state index is 0.153. The fourth-order valence-electron chi connectivity index (χ4n) is 2.62. The molecule has 5 heteroatoms. The lowest BCUT2D eigenvalue weighted by Gasteiger charge is -2.12. The number of carbonyl (C=O) groups excluding carboxylic acids is 1.